The van der Waals surface area contributed by atoms with Gasteiger partial charge in [-0.2, -0.15) is 5.10 Å². The molecule has 0 spiro atoms. The van der Waals surface area contributed by atoms with E-state index in [1.54, 1.807) is 24.3 Å². The third kappa shape index (κ3) is 4.01. The Morgan fingerprint density at radius 3 is 2.75 bits per heavy atom. The number of carbonyl (C=O) groups excluding carboxylic acids is 2. The van der Waals surface area contributed by atoms with Crippen LogP contribution in [0.25, 0.3) is 0 Å². The summed E-state index contributed by atoms with van der Waals surface area (Å²) in [6.07, 6.45) is 1.89. The van der Waals surface area contributed by atoms with Crippen molar-refractivity contribution < 1.29 is 14.3 Å². The fourth-order valence-corrected chi connectivity index (χ4v) is 2.52. The number of nitrogens with one attached hydrogen (secondary N) is 1. The molecule has 24 heavy (non-hydrogen) atoms. The summed E-state index contributed by atoms with van der Waals surface area (Å²) in [5.74, 6) is -0.259. The number of nitrogens with zero attached hydrogens (tertiary/aromatic N) is 2. The van der Waals surface area contributed by atoms with Crippen LogP contribution >= 0.6 is 0 Å². The minimum absolute atomic E-state index is 0.0186. The lowest BCUT2D eigenvalue weighted by Crippen LogP contribution is -2.15. The number of amides is 1. The molecule has 0 atom stereocenters. The van der Waals surface area contributed by atoms with Gasteiger partial charge in [0, 0.05) is 17.3 Å². The van der Waals surface area contributed by atoms with E-state index in [-0.39, 0.29) is 18.4 Å². The molecule has 0 radical (unpaired) electrons. The van der Waals surface area contributed by atoms with E-state index in [2.05, 4.69) is 10.4 Å². The summed E-state index contributed by atoms with van der Waals surface area (Å²) >= 11 is 0. The van der Waals surface area contributed by atoms with Gasteiger partial charge in [-0.3, -0.25) is 9.48 Å². The smallest absolute Gasteiger partial charge is 0.338 e. The Labute approximate surface area is 140 Å². The molecule has 1 N–H and O–H groups in total. The normalized spacial score (nSPS) is 13.6. The Morgan fingerprint density at radius 2 is 2.08 bits per heavy atom. The van der Waals surface area contributed by atoms with E-state index >= 15 is 0 Å². The molecule has 1 saturated carbocycles. The first kappa shape index (κ1) is 16.2. The molecule has 1 aromatic heterocycles. The van der Waals surface area contributed by atoms with Crippen LogP contribution in [0.15, 0.2) is 30.3 Å². The topological polar surface area (TPSA) is 73.2 Å². The van der Waals surface area contributed by atoms with Gasteiger partial charge in [0.05, 0.1) is 17.8 Å². The number of carbonyl (C=O) groups is 2. The Hall–Kier alpha value is -2.63. The summed E-state index contributed by atoms with van der Waals surface area (Å²) in [4.78, 5) is 23.9. The standard InChI is InChI=1S/C18H21N3O3/c1-12-10-13(2)21(20-12)8-9-24-18(23)15-4-3-5-16(11-15)19-17(22)14-6-7-14/h3-5,10-11,14H,6-9H2,1-2H3,(H,19,22). The molecule has 3 rings (SSSR count). The average molecular weight is 327 g/mol. The number of hydrogen-bond acceptors (Lipinski definition) is 4. The maximum atomic E-state index is 12.1. The summed E-state index contributed by atoms with van der Waals surface area (Å²) < 4.78 is 7.12. The van der Waals surface area contributed by atoms with Crippen LogP contribution in [0.1, 0.15) is 34.6 Å². The lowest BCUT2D eigenvalue weighted by molar-refractivity contribution is -0.117. The van der Waals surface area contributed by atoms with Crippen molar-refractivity contribution in [2.24, 2.45) is 5.92 Å². The van der Waals surface area contributed by atoms with Gasteiger partial charge < -0.3 is 10.1 Å². The summed E-state index contributed by atoms with van der Waals surface area (Å²) in [6.45, 7) is 4.66. The first-order valence-corrected chi connectivity index (χ1v) is 8.12. The van der Waals surface area contributed by atoms with E-state index in [9.17, 15) is 9.59 Å². The van der Waals surface area contributed by atoms with Crippen molar-refractivity contribution in [2.75, 3.05) is 11.9 Å². The van der Waals surface area contributed by atoms with Crippen molar-refractivity contribution in [3.63, 3.8) is 0 Å². The zero-order chi connectivity index (χ0) is 17.1. The van der Waals surface area contributed by atoms with Crippen LogP contribution in [-0.4, -0.2) is 28.3 Å². The monoisotopic (exact) mass is 327 g/mol. The molecule has 0 saturated heterocycles. The number of esters is 1. The fraction of sp³-hybridized carbons (Fsp3) is 0.389. The highest BCUT2D eigenvalue weighted by Crippen LogP contribution is 2.30. The molecule has 6 heteroatoms. The summed E-state index contributed by atoms with van der Waals surface area (Å²) in [5, 5.41) is 7.16. The highest BCUT2D eigenvalue weighted by Gasteiger charge is 2.29. The second-order valence-electron chi connectivity index (χ2n) is 6.13. The molecule has 1 aliphatic carbocycles. The molecule has 1 heterocycles. The Morgan fingerprint density at radius 1 is 1.29 bits per heavy atom. The number of hydrogen-bond donors (Lipinski definition) is 1. The van der Waals surface area contributed by atoms with Gasteiger partial charge in [-0.05, 0) is 51.0 Å². The Bertz CT molecular complexity index is 763. The van der Waals surface area contributed by atoms with Gasteiger partial charge in [-0.15, -0.1) is 0 Å². The quantitative estimate of drug-likeness (QED) is 0.828. The molecule has 1 amide bonds. The van der Waals surface area contributed by atoms with Crippen molar-refractivity contribution in [1.82, 2.24) is 9.78 Å². The van der Waals surface area contributed by atoms with E-state index in [1.807, 2.05) is 24.6 Å². The van der Waals surface area contributed by atoms with Crippen LogP contribution in [0.3, 0.4) is 0 Å². The fourth-order valence-electron chi connectivity index (χ4n) is 2.52. The van der Waals surface area contributed by atoms with Crippen LogP contribution in [0.2, 0.25) is 0 Å². The Kier molecular flexibility index (Phi) is 4.64. The highest BCUT2D eigenvalue weighted by molar-refractivity contribution is 5.96. The average Bonchev–Trinajstić information content (AvgIpc) is 3.34. The van der Waals surface area contributed by atoms with Gasteiger partial charge >= 0.3 is 5.97 Å². The molecule has 0 unspecified atom stereocenters. The molecule has 126 valence electrons. The number of benzene rings is 1. The predicted molar refractivity (Wildman–Crippen MR) is 89.8 cm³/mol. The van der Waals surface area contributed by atoms with Gasteiger partial charge in [-0.1, -0.05) is 6.07 Å². The third-order valence-corrected chi connectivity index (χ3v) is 3.95. The highest BCUT2D eigenvalue weighted by atomic mass is 16.5. The number of rotatable bonds is 6. The zero-order valence-corrected chi connectivity index (χ0v) is 13.9. The van der Waals surface area contributed by atoms with Crippen LogP contribution in [0.4, 0.5) is 5.69 Å². The molecule has 1 aromatic carbocycles. The number of aromatic nitrogens is 2. The van der Waals surface area contributed by atoms with Gasteiger partial charge in [0.25, 0.3) is 0 Å². The van der Waals surface area contributed by atoms with Crippen LogP contribution < -0.4 is 5.32 Å². The van der Waals surface area contributed by atoms with Crippen molar-refractivity contribution in [1.29, 1.82) is 0 Å². The van der Waals surface area contributed by atoms with E-state index in [1.165, 1.54) is 0 Å². The third-order valence-electron chi connectivity index (χ3n) is 3.95. The van der Waals surface area contributed by atoms with E-state index < -0.39 is 5.97 Å². The first-order chi connectivity index (χ1) is 11.5. The van der Waals surface area contributed by atoms with Gasteiger partial charge in [0.2, 0.25) is 5.91 Å². The second kappa shape index (κ2) is 6.86. The lowest BCUT2D eigenvalue weighted by atomic mass is 10.2. The summed E-state index contributed by atoms with van der Waals surface area (Å²) in [6, 6.07) is 8.81. The molecular formula is C18H21N3O3. The zero-order valence-electron chi connectivity index (χ0n) is 13.9. The maximum absolute atomic E-state index is 12.1. The Balaban J connectivity index is 1.54. The van der Waals surface area contributed by atoms with Crippen molar-refractivity contribution in [2.45, 2.75) is 33.2 Å². The SMILES string of the molecule is Cc1cc(C)n(CCOC(=O)c2cccc(NC(=O)C3CC3)c2)n1. The molecule has 0 aliphatic heterocycles. The lowest BCUT2D eigenvalue weighted by Gasteiger charge is -2.08. The molecule has 0 bridgehead atoms. The second-order valence-corrected chi connectivity index (χ2v) is 6.13. The molecule has 1 fully saturated rings. The number of aryl methyl sites for hydroxylation is 2. The van der Waals surface area contributed by atoms with Gasteiger partial charge in [0.1, 0.15) is 6.61 Å². The largest absolute Gasteiger partial charge is 0.460 e. The minimum Gasteiger partial charge on any atom is -0.460 e. The van der Waals surface area contributed by atoms with Crippen molar-refractivity contribution in [3.05, 3.63) is 47.3 Å². The van der Waals surface area contributed by atoms with Crippen molar-refractivity contribution >= 4 is 17.6 Å². The van der Waals surface area contributed by atoms with Crippen LogP contribution in [-0.2, 0) is 16.1 Å². The summed E-state index contributed by atoms with van der Waals surface area (Å²) in [7, 11) is 0. The van der Waals surface area contributed by atoms with Gasteiger partial charge in [0.15, 0.2) is 0 Å². The van der Waals surface area contributed by atoms with E-state index in [0.717, 1.165) is 24.2 Å². The van der Waals surface area contributed by atoms with Crippen LogP contribution in [0, 0.1) is 19.8 Å². The molecular weight excluding hydrogens is 306 g/mol. The number of anilines is 1. The predicted octanol–water partition coefficient (Wildman–Crippen LogP) is 2.71. The molecule has 2 aromatic rings. The minimum atomic E-state index is -0.404. The van der Waals surface area contributed by atoms with E-state index in [4.69, 9.17) is 4.74 Å². The molecule has 6 nitrogen and oxygen atoms in total. The molecule has 1 aliphatic rings. The van der Waals surface area contributed by atoms with Crippen molar-refractivity contribution in [3.8, 4) is 0 Å². The van der Waals surface area contributed by atoms with Gasteiger partial charge in [-0.25, -0.2) is 4.79 Å². The maximum Gasteiger partial charge on any atom is 0.338 e. The first-order valence-electron chi connectivity index (χ1n) is 8.12. The van der Waals surface area contributed by atoms with Crippen LogP contribution in [0.5, 0.6) is 0 Å². The number of ether oxygens (including phenoxy) is 1. The summed E-state index contributed by atoms with van der Waals surface area (Å²) in [5.41, 5.74) is 3.03. The van der Waals surface area contributed by atoms with E-state index in [0.29, 0.717) is 17.8 Å².